The molecule has 0 aromatic heterocycles. The van der Waals surface area contributed by atoms with E-state index in [9.17, 15) is 4.79 Å². The molecule has 1 fully saturated rings. The second-order valence-corrected chi connectivity index (χ2v) is 4.17. The monoisotopic (exact) mass is 183 g/mol. The summed E-state index contributed by atoms with van der Waals surface area (Å²) in [7, 11) is 0. The first-order chi connectivity index (χ1) is 6.22. The van der Waals surface area contributed by atoms with Crippen molar-refractivity contribution in [2.45, 2.75) is 57.9 Å². The molecule has 0 bridgehead atoms. The smallest absolute Gasteiger partial charge is 0.136 e. The second-order valence-electron chi connectivity index (χ2n) is 4.17. The molecule has 0 aromatic carbocycles. The summed E-state index contributed by atoms with van der Waals surface area (Å²) in [6, 6.07) is 0. The summed E-state index contributed by atoms with van der Waals surface area (Å²) in [5.41, 5.74) is 0.152. The minimum Gasteiger partial charge on any atom is -0.310 e. The van der Waals surface area contributed by atoms with E-state index in [-0.39, 0.29) is 5.54 Å². The van der Waals surface area contributed by atoms with Crippen molar-refractivity contribution in [1.29, 1.82) is 0 Å². The molecule has 0 aliphatic carbocycles. The highest BCUT2D eigenvalue weighted by Crippen LogP contribution is 2.27. The number of nitrogens with one attached hydrogen (secondary N) is 1. The highest BCUT2D eigenvalue weighted by atomic mass is 16.1. The standard InChI is InChI=1S/C11H21NO/c1-3-6-11(7-4-2)9-10(13)5-8-12-11/h12H,3-9H2,1-2H3. The van der Waals surface area contributed by atoms with Crippen LogP contribution in [0.2, 0.25) is 0 Å². The highest BCUT2D eigenvalue weighted by molar-refractivity contribution is 5.80. The Kier molecular flexibility index (Phi) is 3.91. The molecular formula is C11H21NO. The van der Waals surface area contributed by atoms with Crippen LogP contribution in [0.15, 0.2) is 0 Å². The molecule has 0 saturated carbocycles. The molecule has 1 aliphatic rings. The fourth-order valence-corrected chi connectivity index (χ4v) is 2.43. The first-order valence-corrected chi connectivity index (χ1v) is 5.49. The lowest BCUT2D eigenvalue weighted by molar-refractivity contribution is -0.122. The second kappa shape index (κ2) is 4.75. The Balaban J connectivity index is 2.58. The molecule has 2 nitrogen and oxygen atoms in total. The molecule has 2 heteroatoms. The lowest BCUT2D eigenvalue weighted by Gasteiger charge is -2.37. The minimum atomic E-state index is 0.152. The molecule has 76 valence electrons. The van der Waals surface area contributed by atoms with Gasteiger partial charge in [-0.15, -0.1) is 0 Å². The van der Waals surface area contributed by atoms with Crippen molar-refractivity contribution in [3.63, 3.8) is 0 Å². The summed E-state index contributed by atoms with van der Waals surface area (Å²) in [6.45, 7) is 5.27. The SMILES string of the molecule is CCCC1(CCC)CC(=O)CCN1. The average Bonchev–Trinajstić information content (AvgIpc) is 2.04. The van der Waals surface area contributed by atoms with Gasteiger partial charge in [-0.3, -0.25) is 4.79 Å². The van der Waals surface area contributed by atoms with E-state index in [2.05, 4.69) is 19.2 Å². The van der Waals surface area contributed by atoms with E-state index in [0.717, 1.165) is 32.2 Å². The first-order valence-electron chi connectivity index (χ1n) is 5.49. The average molecular weight is 183 g/mol. The van der Waals surface area contributed by atoms with Crippen LogP contribution in [-0.4, -0.2) is 17.9 Å². The Bertz CT molecular complexity index is 165. The van der Waals surface area contributed by atoms with Crippen molar-refractivity contribution < 1.29 is 4.79 Å². The lowest BCUT2D eigenvalue weighted by Crippen LogP contribution is -2.51. The van der Waals surface area contributed by atoms with Crippen LogP contribution in [0.1, 0.15) is 52.4 Å². The topological polar surface area (TPSA) is 29.1 Å². The van der Waals surface area contributed by atoms with E-state index >= 15 is 0 Å². The Morgan fingerprint density at radius 2 is 1.92 bits per heavy atom. The van der Waals surface area contributed by atoms with Crippen LogP contribution in [0.5, 0.6) is 0 Å². The number of rotatable bonds is 4. The molecule has 0 aromatic rings. The third-order valence-electron chi connectivity index (χ3n) is 2.90. The van der Waals surface area contributed by atoms with Crippen molar-refractivity contribution in [2.75, 3.05) is 6.54 Å². The van der Waals surface area contributed by atoms with Crippen molar-refractivity contribution in [3.8, 4) is 0 Å². The van der Waals surface area contributed by atoms with Crippen molar-refractivity contribution in [3.05, 3.63) is 0 Å². The van der Waals surface area contributed by atoms with Crippen LogP contribution in [0.25, 0.3) is 0 Å². The van der Waals surface area contributed by atoms with Gasteiger partial charge >= 0.3 is 0 Å². The van der Waals surface area contributed by atoms with E-state index in [0.29, 0.717) is 5.78 Å². The number of carbonyl (C=O) groups is 1. The van der Waals surface area contributed by atoms with Gasteiger partial charge in [0.2, 0.25) is 0 Å². The summed E-state index contributed by atoms with van der Waals surface area (Å²) in [4.78, 5) is 11.4. The Hall–Kier alpha value is -0.370. The maximum atomic E-state index is 11.4. The third-order valence-corrected chi connectivity index (χ3v) is 2.90. The van der Waals surface area contributed by atoms with Crippen molar-refractivity contribution >= 4 is 5.78 Å². The minimum absolute atomic E-state index is 0.152. The number of hydrogen-bond acceptors (Lipinski definition) is 2. The molecule has 1 heterocycles. The van der Waals surface area contributed by atoms with E-state index < -0.39 is 0 Å². The molecule has 1 aliphatic heterocycles. The van der Waals surface area contributed by atoms with Gasteiger partial charge in [-0.05, 0) is 12.8 Å². The van der Waals surface area contributed by atoms with E-state index in [1.807, 2.05) is 0 Å². The molecule has 0 spiro atoms. The first kappa shape index (κ1) is 10.7. The summed E-state index contributed by atoms with van der Waals surface area (Å²) in [5.74, 6) is 0.445. The van der Waals surface area contributed by atoms with Gasteiger partial charge in [0.15, 0.2) is 0 Å². The van der Waals surface area contributed by atoms with Crippen molar-refractivity contribution in [2.24, 2.45) is 0 Å². The molecule has 0 radical (unpaired) electrons. The molecule has 1 N–H and O–H groups in total. The van der Waals surface area contributed by atoms with Gasteiger partial charge in [0.05, 0.1) is 0 Å². The zero-order valence-corrected chi connectivity index (χ0v) is 8.86. The van der Waals surface area contributed by atoms with Gasteiger partial charge in [0, 0.05) is 24.9 Å². The van der Waals surface area contributed by atoms with Gasteiger partial charge in [0.25, 0.3) is 0 Å². The predicted octanol–water partition coefficient (Wildman–Crippen LogP) is 2.28. The molecule has 1 rings (SSSR count). The van der Waals surface area contributed by atoms with E-state index in [4.69, 9.17) is 0 Å². The number of piperidine rings is 1. The quantitative estimate of drug-likeness (QED) is 0.724. The Morgan fingerprint density at radius 1 is 1.31 bits per heavy atom. The predicted molar refractivity (Wildman–Crippen MR) is 54.8 cm³/mol. The van der Waals surface area contributed by atoms with Gasteiger partial charge in [-0.1, -0.05) is 26.7 Å². The van der Waals surface area contributed by atoms with Crippen LogP contribution >= 0.6 is 0 Å². The van der Waals surface area contributed by atoms with Gasteiger partial charge in [0.1, 0.15) is 5.78 Å². The van der Waals surface area contributed by atoms with Gasteiger partial charge in [-0.2, -0.15) is 0 Å². The van der Waals surface area contributed by atoms with E-state index in [1.165, 1.54) is 12.8 Å². The lowest BCUT2D eigenvalue weighted by atomic mass is 9.81. The maximum Gasteiger partial charge on any atom is 0.136 e. The summed E-state index contributed by atoms with van der Waals surface area (Å²) < 4.78 is 0. The molecule has 13 heavy (non-hydrogen) atoms. The third kappa shape index (κ3) is 2.80. The maximum absolute atomic E-state index is 11.4. The Morgan fingerprint density at radius 3 is 2.38 bits per heavy atom. The van der Waals surface area contributed by atoms with Crippen LogP contribution < -0.4 is 5.32 Å². The number of ketones is 1. The molecule has 1 saturated heterocycles. The fourth-order valence-electron chi connectivity index (χ4n) is 2.43. The zero-order chi connectivity index (χ0) is 9.73. The van der Waals surface area contributed by atoms with Crippen LogP contribution in [0, 0.1) is 0 Å². The van der Waals surface area contributed by atoms with Crippen LogP contribution in [0.4, 0.5) is 0 Å². The fraction of sp³-hybridized carbons (Fsp3) is 0.909. The number of hydrogen-bond donors (Lipinski definition) is 1. The normalized spacial score (nSPS) is 21.8. The molecular weight excluding hydrogens is 162 g/mol. The van der Waals surface area contributed by atoms with Crippen molar-refractivity contribution in [1.82, 2.24) is 5.32 Å². The van der Waals surface area contributed by atoms with Gasteiger partial charge < -0.3 is 5.32 Å². The molecule has 0 atom stereocenters. The zero-order valence-electron chi connectivity index (χ0n) is 8.86. The molecule has 0 unspecified atom stereocenters. The van der Waals surface area contributed by atoms with E-state index in [1.54, 1.807) is 0 Å². The van der Waals surface area contributed by atoms with Crippen LogP contribution in [-0.2, 0) is 4.79 Å². The summed E-state index contributed by atoms with van der Waals surface area (Å²) in [5, 5.41) is 3.54. The summed E-state index contributed by atoms with van der Waals surface area (Å²) >= 11 is 0. The molecule has 0 amide bonds. The number of Topliss-reactive ketones (excluding diaryl/α,β-unsaturated/α-hetero) is 1. The largest absolute Gasteiger partial charge is 0.310 e. The van der Waals surface area contributed by atoms with Crippen LogP contribution in [0.3, 0.4) is 0 Å². The Labute approximate surface area is 81.1 Å². The van der Waals surface area contributed by atoms with Gasteiger partial charge in [-0.25, -0.2) is 0 Å². The number of carbonyl (C=O) groups excluding carboxylic acids is 1. The highest BCUT2D eigenvalue weighted by Gasteiger charge is 2.33. The summed E-state index contributed by atoms with van der Waals surface area (Å²) in [6.07, 6.45) is 6.11.